The van der Waals surface area contributed by atoms with Crippen LogP contribution in [0.4, 0.5) is 5.69 Å². The van der Waals surface area contributed by atoms with Crippen LogP contribution >= 0.6 is 0 Å². The number of nitrogens with one attached hydrogen (secondary N) is 2. The van der Waals surface area contributed by atoms with Crippen molar-refractivity contribution in [2.24, 2.45) is 5.41 Å². The Morgan fingerprint density at radius 3 is 2.12 bits per heavy atom. The number of methoxy groups -OCH3 is 1. The number of anilines is 1. The molecule has 0 aliphatic carbocycles. The first-order valence-electron chi connectivity index (χ1n) is 8.59. The molecule has 0 saturated heterocycles. The lowest BCUT2D eigenvalue weighted by Crippen LogP contribution is -2.39. The van der Waals surface area contributed by atoms with Gasteiger partial charge in [-0.05, 0) is 41.7 Å². The number of benzene rings is 2. The molecule has 0 aromatic heterocycles. The Hall–Kier alpha value is -2.82. The Bertz CT molecular complexity index is 734. The van der Waals surface area contributed by atoms with Crippen molar-refractivity contribution < 1.29 is 14.3 Å². The first-order valence-corrected chi connectivity index (χ1v) is 8.59. The van der Waals surface area contributed by atoms with Crippen LogP contribution in [0.5, 0.6) is 5.75 Å². The summed E-state index contributed by atoms with van der Waals surface area (Å²) in [6, 6.07) is 16.3. The van der Waals surface area contributed by atoms with Crippen LogP contribution in [0.3, 0.4) is 0 Å². The van der Waals surface area contributed by atoms with Crippen molar-refractivity contribution in [1.29, 1.82) is 0 Å². The molecule has 0 bridgehead atoms. The standard InChI is InChI=1S/C21H26N2O3/c1-21(2,3)14-18(15-8-6-5-7-9-15)23-20(25)19(24)22-16-10-12-17(26-4)13-11-16/h5-13,18H,14H2,1-4H3,(H,22,24)(H,23,25). The topological polar surface area (TPSA) is 67.4 Å². The van der Waals surface area contributed by atoms with E-state index >= 15 is 0 Å². The summed E-state index contributed by atoms with van der Waals surface area (Å²) in [6.07, 6.45) is 0.721. The molecule has 26 heavy (non-hydrogen) atoms. The number of carbonyl (C=O) groups excluding carboxylic acids is 2. The van der Waals surface area contributed by atoms with Gasteiger partial charge in [0.15, 0.2) is 0 Å². The van der Waals surface area contributed by atoms with Gasteiger partial charge < -0.3 is 15.4 Å². The summed E-state index contributed by atoms with van der Waals surface area (Å²) in [5.74, 6) is -0.661. The van der Waals surface area contributed by atoms with Crippen molar-refractivity contribution in [3.8, 4) is 5.75 Å². The SMILES string of the molecule is COc1ccc(NC(=O)C(=O)NC(CC(C)(C)C)c2ccccc2)cc1. The fourth-order valence-corrected chi connectivity index (χ4v) is 2.64. The van der Waals surface area contributed by atoms with Gasteiger partial charge in [0.1, 0.15) is 5.75 Å². The molecule has 1 unspecified atom stereocenters. The fraction of sp³-hybridized carbons (Fsp3) is 0.333. The highest BCUT2D eigenvalue weighted by atomic mass is 16.5. The van der Waals surface area contributed by atoms with Gasteiger partial charge in [0.05, 0.1) is 13.2 Å². The van der Waals surface area contributed by atoms with E-state index in [4.69, 9.17) is 4.74 Å². The van der Waals surface area contributed by atoms with Gasteiger partial charge in [-0.2, -0.15) is 0 Å². The highest BCUT2D eigenvalue weighted by Crippen LogP contribution is 2.29. The van der Waals surface area contributed by atoms with E-state index in [1.807, 2.05) is 30.3 Å². The van der Waals surface area contributed by atoms with E-state index in [9.17, 15) is 9.59 Å². The number of ether oxygens (including phenoxy) is 1. The van der Waals surface area contributed by atoms with Crippen molar-refractivity contribution in [2.45, 2.75) is 33.2 Å². The summed E-state index contributed by atoms with van der Waals surface area (Å²) in [5, 5.41) is 5.46. The molecule has 2 aromatic rings. The molecular formula is C21H26N2O3. The third-order valence-corrected chi connectivity index (χ3v) is 3.88. The molecule has 0 radical (unpaired) electrons. The van der Waals surface area contributed by atoms with Crippen LogP contribution in [0.2, 0.25) is 0 Å². The smallest absolute Gasteiger partial charge is 0.313 e. The van der Waals surface area contributed by atoms with Gasteiger partial charge >= 0.3 is 11.8 Å². The number of hydrogen-bond donors (Lipinski definition) is 2. The average molecular weight is 354 g/mol. The summed E-state index contributed by atoms with van der Waals surface area (Å²) >= 11 is 0. The van der Waals surface area contributed by atoms with Gasteiger partial charge in [0.25, 0.3) is 0 Å². The number of carbonyl (C=O) groups is 2. The predicted octanol–water partition coefficient (Wildman–Crippen LogP) is 3.93. The second kappa shape index (κ2) is 8.52. The van der Waals surface area contributed by atoms with E-state index in [2.05, 4.69) is 31.4 Å². The monoisotopic (exact) mass is 354 g/mol. The highest BCUT2D eigenvalue weighted by Gasteiger charge is 2.24. The molecule has 5 heteroatoms. The Balaban J connectivity index is 2.06. The fourth-order valence-electron chi connectivity index (χ4n) is 2.64. The Morgan fingerprint density at radius 2 is 1.58 bits per heavy atom. The number of rotatable bonds is 5. The van der Waals surface area contributed by atoms with Gasteiger partial charge in [0.2, 0.25) is 0 Å². The van der Waals surface area contributed by atoms with E-state index in [1.54, 1.807) is 31.4 Å². The maximum Gasteiger partial charge on any atom is 0.313 e. The van der Waals surface area contributed by atoms with Gasteiger partial charge in [-0.1, -0.05) is 51.1 Å². The lowest BCUT2D eigenvalue weighted by molar-refractivity contribution is -0.136. The first kappa shape index (κ1) is 19.5. The van der Waals surface area contributed by atoms with Gasteiger partial charge in [0, 0.05) is 5.69 Å². The lowest BCUT2D eigenvalue weighted by Gasteiger charge is -2.27. The molecule has 0 saturated carbocycles. The quantitative estimate of drug-likeness (QED) is 0.800. The Kier molecular flexibility index (Phi) is 6.39. The zero-order valence-corrected chi connectivity index (χ0v) is 15.7. The molecule has 2 amide bonds. The second-order valence-electron chi connectivity index (χ2n) is 7.38. The van der Waals surface area contributed by atoms with Crippen LogP contribution in [0.15, 0.2) is 54.6 Å². The molecule has 5 nitrogen and oxygen atoms in total. The first-order chi connectivity index (χ1) is 12.3. The van der Waals surface area contributed by atoms with Crippen molar-refractivity contribution in [3.63, 3.8) is 0 Å². The summed E-state index contributed by atoms with van der Waals surface area (Å²) < 4.78 is 5.08. The van der Waals surface area contributed by atoms with Crippen LogP contribution in [-0.4, -0.2) is 18.9 Å². The minimum absolute atomic E-state index is 0.000246. The maximum absolute atomic E-state index is 12.4. The number of hydrogen-bond acceptors (Lipinski definition) is 3. The van der Waals surface area contributed by atoms with Crippen LogP contribution in [0.1, 0.15) is 38.8 Å². The summed E-state index contributed by atoms with van der Waals surface area (Å²) in [5.41, 5.74) is 1.52. The van der Waals surface area contributed by atoms with Gasteiger partial charge in [-0.25, -0.2) is 0 Å². The predicted molar refractivity (Wildman–Crippen MR) is 103 cm³/mol. The molecular weight excluding hydrogens is 328 g/mol. The third-order valence-electron chi connectivity index (χ3n) is 3.88. The van der Waals surface area contributed by atoms with Crippen molar-refractivity contribution in [2.75, 3.05) is 12.4 Å². The number of amides is 2. The molecule has 2 rings (SSSR count). The molecule has 0 aliphatic rings. The molecule has 2 aromatic carbocycles. The molecule has 1 atom stereocenters. The Morgan fingerprint density at radius 1 is 0.962 bits per heavy atom. The third kappa shape index (κ3) is 5.92. The largest absolute Gasteiger partial charge is 0.497 e. The lowest BCUT2D eigenvalue weighted by atomic mass is 9.85. The maximum atomic E-state index is 12.4. The van der Waals surface area contributed by atoms with Crippen LogP contribution in [0, 0.1) is 5.41 Å². The van der Waals surface area contributed by atoms with Gasteiger partial charge in [-0.15, -0.1) is 0 Å². The van der Waals surface area contributed by atoms with E-state index in [0.29, 0.717) is 11.4 Å². The molecule has 0 heterocycles. The zero-order chi connectivity index (χ0) is 19.2. The van der Waals surface area contributed by atoms with E-state index in [-0.39, 0.29) is 11.5 Å². The van der Waals surface area contributed by atoms with Crippen molar-refractivity contribution in [3.05, 3.63) is 60.2 Å². The minimum atomic E-state index is -0.690. The van der Waals surface area contributed by atoms with Gasteiger partial charge in [-0.3, -0.25) is 9.59 Å². The van der Waals surface area contributed by atoms with Crippen molar-refractivity contribution in [1.82, 2.24) is 5.32 Å². The minimum Gasteiger partial charge on any atom is -0.497 e. The second-order valence-corrected chi connectivity index (χ2v) is 7.38. The summed E-state index contributed by atoms with van der Waals surface area (Å²) in [4.78, 5) is 24.6. The molecule has 0 fully saturated rings. The van der Waals surface area contributed by atoms with Crippen LogP contribution < -0.4 is 15.4 Å². The summed E-state index contributed by atoms with van der Waals surface area (Å²) in [6.45, 7) is 6.31. The average Bonchev–Trinajstić information content (AvgIpc) is 2.61. The van der Waals surface area contributed by atoms with Crippen LogP contribution in [0.25, 0.3) is 0 Å². The van der Waals surface area contributed by atoms with E-state index in [1.165, 1.54) is 0 Å². The van der Waals surface area contributed by atoms with Crippen molar-refractivity contribution >= 4 is 17.5 Å². The molecule has 138 valence electrons. The molecule has 0 aliphatic heterocycles. The molecule has 2 N–H and O–H groups in total. The normalized spacial score (nSPS) is 12.2. The summed E-state index contributed by atoms with van der Waals surface area (Å²) in [7, 11) is 1.57. The van der Waals surface area contributed by atoms with Crippen LogP contribution in [-0.2, 0) is 9.59 Å². The highest BCUT2D eigenvalue weighted by molar-refractivity contribution is 6.39. The molecule has 0 spiro atoms. The Labute approximate surface area is 154 Å². The van der Waals surface area contributed by atoms with E-state index < -0.39 is 11.8 Å². The zero-order valence-electron chi connectivity index (χ0n) is 15.7. The van der Waals surface area contributed by atoms with E-state index in [0.717, 1.165) is 12.0 Å².